The summed E-state index contributed by atoms with van der Waals surface area (Å²) in [5.74, 6) is 0.661. The van der Waals surface area contributed by atoms with Crippen molar-refractivity contribution < 1.29 is 0 Å². The molecule has 0 radical (unpaired) electrons. The molecule has 0 saturated heterocycles. The predicted molar refractivity (Wildman–Crippen MR) is 72.6 cm³/mol. The number of nitrogens with one attached hydrogen (secondary N) is 1. The highest BCUT2D eigenvalue weighted by atomic mass is 15.1. The first-order valence-corrected chi connectivity index (χ1v) is 5.95. The van der Waals surface area contributed by atoms with Crippen molar-refractivity contribution in [3.8, 4) is 0 Å². The fraction of sp³-hybridized carbons (Fsp3) is 0.538. The second kappa shape index (κ2) is 5.66. The molecule has 1 aromatic heterocycles. The Morgan fingerprint density at radius 2 is 2.12 bits per heavy atom. The van der Waals surface area contributed by atoms with Crippen LogP contribution in [-0.4, -0.2) is 23.9 Å². The molecular formula is C13H22N4. The first kappa shape index (κ1) is 13.5. The Balaban J connectivity index is 2.95. The Hall–Kier alpha value is -1.58. The maximum atomic E-state index is 7.54. The largest absolute Gasteiger partial charge is 0.382 e. The second-order valence-electron chi connectivity index (χ2n) is 4.87. The summed E-state index contributed by atoms with van der Waals surface area (Å²) in [6, 6.07) is 4.23. The van der Waals surface area contributed by atoms with Crippen molar-refractivity contribution in [2.45, 2.75) is 33.2 Å². The van der Waals surface area contributed by atoms with E-state index in [2.05, 4.69) is 30.7 Å². The van der Waals surface area contributed by atoms with E-state index in [0.717, 1.165) is 12.1 Å². The van der Waals surface area contributed by atoms with Crippen molar-refractivity contribution in [2.75, 3.05) is 11.9 Å². The third-order valence-corrected chi connectivity index (χ3v) is 2.90. The molecule has 1 heterocycles. The molecule has 3 N–H and O–H groups in total. The van der Waals surface area contributed by atoms with Crippen molar-refractivity contribution >= 4 is 11.5 Å². The SMILES string of the molecule is CC(C)CC(C)N(C)c1cccnc1C(=N)N. The number of amidine groups is 1. The van der Waals surface area contributed by atoms with Crippen LogP contribution in [0.2, 0.25) is 0 Å². The summed E-state index contributed by atoms with van der Waals surface area (Å²) < 4.78 is 0. The minimum Gasteiger partial charge on any atom is -0.382 e. The number of pyridine rings is 1. The fourth-order valence-electron chi connectivity index (χ4n) is 1.97. The number of nitrogen functional groups attached to an aromatic ring is 1. The summed E-state index contributed by atoms with van der Waals surface area (Å²) in [7, 11) is 2.02. The lowest BCUT2D eigenvalue weighted by Gasteiger charge is -2.29. The molecule has 0 saturated carbocycles. The van der Waals surface area contributed by atoms with Crippen LogP contribution in [0.3, 0.4) is 0 Å². The van der Waals surface area contributed by atoms with E-state index in [1.807, 2.05) is 19.2 Å². The van der Waals surface area contributed by atoms with Crippen molar-refractivity contribution in [1.82, 2.24) is 4.98 Å². The maximum absolute atomic E-state index is 7.54. The molecule has 17 heavy (non-hydrogen) atoms. The van der Waals surface area contributed by atoms with Gasteiger partial charge in [0.1, 0.15) is 11.5 Å². The quantitative estimate of drug-likeness (QED) is 0.606. The summed E-state index contributed by atoms with van der Waals surface area (Å²) in [5.41, 5.74) is 7.03. The van der Waals surface area contributed by atoms with Crippen molar-refractivity contribution in [3.05, 3.63) is 24.0 Å². The maximum Gasteiger partial charge on any atom is 0.143 e. The molecular weight excluding hydrogens is 212 g/mol. The number of rotatable bonds is 5. The number of aromatic nitrogens is 1. The zero-order valence-corrected chi connectivity index (χ0v) is 11.1. The zero-order valence-electron chi connectivity index (χ0n) is 11.1. The molecule has 1 rings (SSSR count). The lowest BCUT2D eigenvalue weighted by Crippen LogP contribution is -2.32. The average molecular weight is 234 g/mol. The molecule has 94 valence electrons. The van der Waals surface area contributed by atoms with Gasteiger partial charge in [-0.2, -0.15) is 0 Å². The van der Waals surface area contributed by atoms with Gasteiger partial charge in [0.2, 0.25) is 0 Å². The number of anilines is 1. The first-order chi connectivity index (χ1) is 7.93. The standard InChI is InChI=1S/C13H22N4/c1-9(2)8-10(3)17(4)11-6-5-7-16-12(11)13(14)15/h5-7,9-10H,8H2,1-4H3,(H3,14,15). The molecule has 0 spiro atoms. The first-order valence-electron chi connectivity index (χ1n) is 5.95. The van der Waals surface area contributed by atoms with Crippen LogP contribution < -0.4 is 10.6 Å². The zero-order chi connectivity index (χ0) is 13.0. The molecule has 1 atom stereocenters. The van der Waals surface area contributed by atoms with Gasteiger partial charge in [-0.05, 0) is 31.4 Å². The highest BCUT2D eigenvalue weighted by Gasteiger charge is 2.16. The van der Waals surface area contributed by atoms with Gasteiger partial charge in [-0.3, -0.25) is 10.4 Å². The van der Waals surface area contributed by atoms with Gasteiger partial charge >= 0.3 is 0 Å². The second-order valence-corrected chi connectivity index (χ2v) is 4.87. The normalized spacial score (nSPS) is 12.5. The van der Waals surface area contributed by atoms with Crippen molar-refractivity contribution in [2.24, 2.45) is 11.7 Å². The van der Waals surface area contributed by atoms with E-state index in [4.69, 9.17) is 11.1 Å². The van der Waals surface area contributed by atoms with E-state index in [1.165, 1.54) is 0 Å². The van der Waals surface area contributed by atoms with Gasteiger partial charge in [-0.1, -0.05) is 13.8 Å². The molecule has 0 aromatic carbocycles. The smallest absolute Gasteiger partial charge is 0.143 e. The van der Waals surface area contributed by atoms with Gasteiger partial charge in [0.05, 0.1) is 5.69 Å². The minimum absolute atomic E-state index is 0.0178. The molecule has 0 aliphatic carbocycles. The van der Waals surface area contributed by atoms with E-state index in [0.29, 0.717) is 17.7 Å². The summed E-state index contributed by atoms with van der Waals surface area (Å²) in [6.07, 6.45) is 2.77. The van der Waals surface area contributed by atoms with E-state index in [-0.39, 0.29) is 5.84 Å². The van der Waals surface area contributed by atoms with Gasteiger partial charge in [0, 0.05) is 19.3 Å². The van der Waals surface area contributed by atoms with Crippen LogP contribution in [0.1, 0.15) is 32.9 Å². The van der Waals surface area contributed by atoms with Gasteiger partial charge in [-0.15, -0.1) is 0 Å². The summed E-state index contributed by atoms with van der Waals surface area (Å²) in [5, 5.41) is 7.54. The number of nitrogens with two attached hydrogens (primary N) is 1. The Labute approximate surface area is 103 Å². The van der Waals surface area contributed by atoms with Crippen LogP contribution in [0.5, 0.6) is 0 Å². The van der Waals surface area contributed by atoms with Crippen LogP contribution in [-0.2, 0) is 0 Å². The van der Waals surface area contributed by atoms with Crippen LogP contribution >= 0.6 is 0 Å². The third kappa shape index (κ3) is 3.44. The Kier molecular flexibility index (Phi) is 4.49. The van der Waals surface area contributed by atoms with E-state index < -0.39 is 0 Å². The number of nitrogens with zero attached hydrogens (tertiary/aromatic N) is 2. The van der Waals surface area contributed by atoms with Crippen LogP contribution in [0.25, 0.3) is 0 Å². The van der Waals surface area contributed by atoms with E-state index in [1.54, 1.807) is 6.20 Å². The highest BCUT2D eigenvalue weighted by Crippen LogP contribution is 2.21. The highest BCUT2D eigenvalue weighted by molar-refractivity contribution is 5.98. The molecule has 4 heteroatoms. The predicted octanol–water partition coefficient (Wildman–Crippen LogP) is 2.24. The lowest BCUT2D eigenvalue weighted by atomic mass is 10.0. The Morgan fingerprint density at radius 1 is 1.47 bits per heavy atom. The minimum atomic E-state index is 0.0178. The summed E-state index contributed by atoms with van der Waals surface area (Å²) in [6.45, 7) is 6.59. The third-order valence-electron chi connectivity index (χ3n) is 2.90. The molecule has 1 aromatic rings. The molecule has 0 bridgehead atoms. The monoisotopic (exact) mass is 234 g/mol. The van der Waals surface area contributed by atoms with Crippen LogP contribution in [0.15, 0.2) is 18.3 Å². The van der Waals surface area contributed by atoms with E-state index in [9.17, 15) is 0 Å². The molecule has 1 unspecified atom stereocenters. The van der Waals surface area contributed by atoms with Gasteiger partial charge in [-0.25, -0.2) is 0 Å². The molecule has 0 amide bonds. The average Bonchev–Trinajstić information content (AvgIpc) is 2.27. The fourth-order valence-corrected chi connectivity index (χ4v) is 1.97. The Morgan fingerprint density at radius 3 is 2.65 bits per heavy atom. The number of hydrogen-bond acceptors (Lipinski definition) is 3. The molecule has 0 aliphatic rings. The number of hydrogen-bond donors (Lipinski definition) is 2. The molecule has 0 fully saturated rings. The molecule has 4 nitrogen and oxygen atoms in total. The van der Waals surface area contributed by atoms with Crippen LogP contribution in [0.4, 0.5) is 5.69 Å². The lowest BCUT2D eigenvalue weighted by molar-refractivity contribution is 0.504. The van der Waals surface area contributed by atoms with Gasteiger partial charge < -0.3 is 10.6 Å². The van der Waals surface area contributed by atoms with E-state index >= 15 is 0 Å². The van der Waals surface area contributed by atoms with Crippen molar-refractivity contribution in [3.63, 3.8) is 0 Å². The molecule has 0 aliphatic heterocycles. The van der Waals surface area contributed by atoms with Gasteiger partial charge in [0.15, 0.2) is 0 Å². The topological polar surface area (TPSA) is 66.0 Å². The van der Waals surface area contributed by atoms with Crippen molar-refractivity contribution in [1.29, 1.82) is 5.41 Å². The summed E-state index contributed by atoms with van der Waals surface area (Å²) >= 11 is 0. The van der Waals surface area contributed by atoms with Gasteiger partial charge in [0.25, 0.3) is 0 Å². The Bertz CT molecular complexity index is 387. The summed E-state index contributed by atoms with van der Waals surface area (Å²) in [4.78, 5) is 6.31. The van der Waals surface area contributed by atoms with Crippen LogP contribution in [0, 0.1) is 11.3 Å².